The highest BCUT2D eigenvalue weighted by Gasteiger charge is 2.44. The molecule has 0 aliphatic heterocycles. The Morgan fingerprint density at radius 1 is 1.11 bits per heavy atom. The number of rotatable bonds is 2. The van der Waals surface area contributed by atoms with E-state index in [4.69, 9.17) is 10.2 Å². The average Bonchev–Trinajstić information content (AvgIpc) is 2.86. The van der Waals surface area contributed by atoms with Gasteiger partial charge < -0.3 is 10.2 Å². The lowest BCUT2D eigenvalue weighted by molar-refractivity contribution is 0.0695. The molecule has 2 atom stereocenters. The van der Waals surface area contributed by atoms with Crippen molar-refractivity contribution in [2.24, 2.45) is 11.8 Å². The highest BCUT2D eigenvalue weighted by atomic mass is 16.4. The predicted molar refractivity (Wildman–Crippen MR) is 65.9 cm³/mol. The lowest BCUT2D eigenvalue weighted by atomic mass is 10.0. The molecule has 2 unspecified atom stereocenters. The van der Waals surface area contributed by atoms with Gasteiger partial charge in [0.25, 0.3) is 0 Å². The first-order valence-corrected chi connectivity index (χ1v) is 6.06. The first-order chi connectivity index (χ1) is 8.49. The second-order valence-electron chi connectivity index (χ2n) is 4.97. The maximum absolute atomic E-state index is 10.6. The lowest BCUT2D eigenvalue weighted by Gasteiger charge is -2.04. The van der Waals surface area contributed by atoms with E-state index in [0.717, 1.165) is 6.07 Å². The van der Waals surface area contributed by atoms with E-state index < -0.39 is 11.9 Å². The van der Waals surface area contributed by atoms with Crippen molar-refractivity contribution in [1.82, 2.24) is 0 Å². The van der Waals surface area contributed by atoms with Crippen LogP contribution in [0.5, 0.6) is 0 Å². The zero-order chi connectivity index (χ0) is 13.3. The van der Waals surface area contributed by atoms with Crippen molar-refractivity contribution in [2.75, 3.05) is 0 Å². The molecule has 0 spiro atoms. The van der Waals surface area contributed by atoms with Gasteiger partial charge in [-0.1, -0.05) is 6.07 Å². The highest BCUT2D eigenvalue weighted by molar-refractivity contribution is 5.94. The number of fused-ring (bicyclic) bond motifs is 1. The van der Waals surface area contributed by atoms with Crippen LogP contribution in [0.2, 0.25) is 0 Å². The van der Waals surface area contributed by atoms with Gasteiger partial charge in [-0.15, -0.1) is 0 Å². The van der Waals surface area contributed by atoms with Crippen LogP contribution in [-0.2, 0) is 0 Å². The van der Waals surface area contributed by atoms with Crippen LogP contribution in [0.15, 0.2) is 18.2 Å². The molecule has 18 heavy (non-hydrogen) atoms. The first kappa shape index (κ1) is 12.6. The van der Waals surface area contributed by atoms with Gasteiger partial charge in [0.1, 0.15) is 0 Å². The summed E-state index contributed by atoms with van der Waals surface area (Å²) in [5.41, 5.74) is 0.570. The molecule has 2 aliphatic carbocycles. The first-order valence-electron chi connectivity index (χ1n) is 6.06. The Balaban J connectivity index is 0.000000194. The van der Waals surface area contributed by atoms with E-state index in [-0.39, 0.29) is 11.1 Å². The monoisotopic (exact) mass is 248 g/mol. The third-order valence-corrected chi connectivity index (χ3v) is 3.69. The predicted octanol–water partition coefficient (Wildman–Crippen LogP) is 2.81. The van der Waals surface area contributed by atoms with Crippen LogP contribution >= 0.6 is 0 Å². The van der Waals surface area contributed by atoms with E-state index >= 15 is 0 Å². The van der Waals surface area contributed by atoms with Gasteiger partial charge in [-0.25, -0.2) is 9.59 Å². The molecule has 0 bridgehead atoms. The molecule has 0 radical (unpaired) electrons. The van der Waals surface area contributed by atoms with Crippen molar-refractivity contribution in [1.29, 1.82) is 0 Å². The van der Waals surface area contributed by atoms with Gasteiger partial charge in [0.05, 0.1) is 11.1 Å². The zero-order valence-corrected chi connectivity index (χ0v) is 10.2. The maximum Gasteiger partial charge on any atom is 0.335 e. The van der Waals surface area contributed by atoms with Crippen LogP contribution in [0.3, 0.4) is 0 Å². The average molecular weight is 248 g/mol. The number of hydrogen-bond acceptors (Lipinski definition) is 2. The van der Waals surface area contributed by atoms with Crippen LogP contribution in [0.25, 0.3) is 0 Å². The van der Waals surface area contributed by atoms with E-state index in [1.165, 1.54) is 24.0 Å². The highest BCUT2D eigenvalue weighted by Crippen LogP contribution is 2.55. The van der Waals surface area contributed by atoms with Gasteiger partial charge in [0, 0.05) is 0 Å². The molecule has 96 valence electrons. The fourth-order valence-electron chi connectivity index (χ4n) is 2.17. The fraction of sp³-hybridized carbons (Fsp3) is 0.429. The molecule has 4 heteroatoms. The van der Waals surface area contributed by atoms with Gasteiger partial charge in [0.2, 0.25) is 0 Å². The summed E-state index contributed by atoms with van der Waals surface area (Å²) in [5, 5.41) is 17.3. The van der Waals surface area contributed by atoms with Crippen LogP contribution < -0.4 is 0 Å². The number of carboxylic acids is 2. The third kappa shape index (κ3) is 2.70. The zero-order valence-electron chi connectivity index (χ0n) is 10.2. The Labute approximate surface area is 105 Å². The van der Waals surface area contributed by atoms with Crippen molar-refractivity contribution in [3.63, 3.8) is 0 Å². The Morgan fingerprint density at radius 3 is 2.06 bits per heavy atom. The molecular formula is C14H16O4. The molecule has 1 aromatic carbocycles. The molecule has 1 aromatic rings. The summed E-state index contributed by atoms with van der Waals surface area (Å²) in [6.07, 6.45) is 4.70. The number of aryl methyl sites for hydroxylation is 1. The Bertz CT molecular complexity index is 481. The van der Waals surface area contributed by atoms with Crippen molar-refractivity contribution in [3.8, 4) is 0 Å². The molecule has 4 nitrogen and oxygen atoms in total. The molecule has 3 rings (SSSR count). The van der Waals surface area contributed by atoms with Gasteiger partial charge in [0.15, 0.2) is 0 Å². The summed E-state index contributed by atoms with van der Waals surface area (Å²) >= 11 is 0. The van der Waals surface area contributed by atoms with E-state index in [9.17, 15) is 9.59 Å². The van der Waals surface area contributed by atoms with Gasteiger partial charge in [-0.3, -0.25) is 0 Å². The normalized spacial score (nSPS) is 22.9. The second kappa shape index (κ2) is 4.80. The summed E-state index contributed by atoms with van der Waals surface area (Å²) in [4.78, 5) is 21.1. The van der Waals surface area contributed by atoms with E-state index in [1.54, 1.807) is 26.2 Å². The number of carboxylic acid groups (broad SMARTS) is 2. The minimum atomic E-state index is -1.12. The largest absolute Gasteiger partial charge is 0.478 e. The molecular weight excluding hydrogens is 232 g/mol. The number of carbonyl (C=O) groups is 2. The van der Waals surface area contributed by atoms with E-state index in [2.05, 4.69) is 0 Å². The molecule has 0 amide bonds. The lowest BCUT2D eigenvalue weighted by Crippen LogP contribution is -2.03. The topological polar surface area (TPSA) is 74.6 Å². The Morgan fingerprint density at radius 2 is 1.72 bits per heavy atom. The van der Waals surface area contributed by atoms with Crippen LogP contribution in [0.4, 0.5) is 0 Å². The van der Waals surface area contributed by atoms with Crippen LogP contribution in [0, 0.1) is 18.8 Å². The number of aromatic carboxylic acids is 2. The van der Waals surface area contributed by atoms with Crippen molar-refractivity contribution in [2.45, 2.75) is 26.2 Å². The molecule has 0 saturated heterocycles. The molecule has 2 fully saturated rings. The standard InChI is InChI=1S/C9H8O4.C5H8/c1-5-2-3-6(8(10)11)4-7(5)9(12)13;1-2-5-3-4(1)5/h2-4H,1H3,(H,10,11)(H,12,13);4-5H,1-3H2. The number of benzene rings is 1. The summed E-state index contributed by atoms with van der Waals surface area (Å²) in [5.74, 6) is 0.230. The summed E-state index contributed by atoms with van der Waals surface area (Å²) in [7, 11) is 0. The van der Waals surface area contributed by atoms with Crippen molar-refractivity contribution in [3.05, 3.63) is 34.9 Å². The van der Waals surface area contributed by atoms with E-state index in [1.807, 2.05) is 0 Å². The number of hydrogen-bond donors (Lipinski definition) is 2. The van der Waals surface area contributed by atoms with Crippen molar-refractivity contribution >= 4 is 11.9 Å². The summed E-state index contributed by atoms with van der Waals surface area (Å²) < 4.78 is 0. The SMILES string of the molecule is C1CC2CC12.Cc1ccc(C(=O)O)cc1C(=O)O. The third-order valence-electron chi connectivity index (χ3n) is 3.69. The molecule has 2 saturated carbocycles. The van der Waals surface area contributed by atoms with Crippen LogP contribution in [-0.4, -0.2) is 22.2 Å². The minimum Gasteiger partial charge on any atom is -0.478 e. The van der Waals surface area contributed by atoms with Crippen LogP contribution in [0.1, 0.15) is 45.5 Å². The Kier molecular flexibility index (Phi) is 3.36. The summed E-state index contributed by atoms with van der Waals surface area (Å²) in [6.45, 7) is 1.62. The fourth-order valence-corrected chi connectivity index (χ4v) is 2.17. The maximum atomic E-state index is 10.6. The quantitative estimate of drug-likeness (QED) is 0.843. The smallest absolute Gasteiger partial charge is 0.335 e. The van der Waals surface area contributed by atoms with Gasteiger partial charge >= 0.3 is 11.9 Å². The molecule has 0 aromatic heterocycles. The van der Waals surface area contributed by atoms with Gasteiger partial charge in [-0.2, -0.15) is 0 Å². The molecule has 0 heterocycles. The summed E-state index contributed by atoms with van der Waals surface area (Å²) in [6, 6.07) is 4.01. The Hall–Kier alpha value is -1.84. The van der Waals surface area contributed by atoms with Gasteiger partial charge in [-0.05, 0) is 55.7 Å². The minimum absolute atomic E-state index is 0.0111. The van der Waals surface area contributed by atoms with Crippen molar-refractivity contribution < 1.29 is 19.8 Å². The molecule has 2 N–H and O–H groups in total. The molecule has 2 aliphatic rings. The second-order valence-corrected chi connectivity index (χ2v) is 4.97. The van der Waals surface area contributed by atoms with E-state index in [0.29, 0.717) is 5.56 Å².